The number of anilines is 1. The predicted molar refractivity (Wildman–Crippen MR) is 121 cm³/mol. The lowest BCUT2D eigenvalue weighted by Gasteiger charge is -2.33. The van der Waals surface area contributed by atoms with Gasteiger partial charge in [0.25, 0.3) is 5.91 Å². The van der Waals surface area contributed by atoms with Crippen molar-refractivity contribution < 1.29 is 14.7 Å². The molecule has 0 bridgehead atoms. The van der Waals surface area contributed by atoms with E-state index < -0.39 is 0 Å². The van der Waals surface area contributed by atoms with E-state index in [9.17, 15) is 14.7 Å². The number of rotatable bonds is 9. The molecule has 3 rings (SSSR count). The van der Waals surface area contributed by atoms with Crippen LogP contribution in [0.15, 0.2) is 35.6 Å². The lowest BCUT2D eigenvalue weighted by Crippen LogP contribution is -2.37. The summed E-state index contributed by atoms with van der Waals surface area (Å²) in [7, 11) is 0. The molecule has 5 heteroatoms. The minimum Gasteiger partial charge on any atom is -0.516 e. The molecule has 1 aliphatic heterocycles. The van der Waals surface area contributed by atoms with Crippen molar-refractivity contribution in [2.45, 2.75) is 84.7 Å². The minimum atomic E-state index is -0.328. The molecular formula is C25H34N2O3. The summed E-state index contributed by atoms with van der Waals surface area (Å²) in [6.45, 7) is 8.01. The van der Waals surface area contributed by atoms with Gasteiger partial charge in [0.2, 0.25) is 0 Å². The molecule has 1 saturated carbocycles. The molecule has 2 N–H and O–H groups in total. The molecule has 1 aromatic rings. The molecule has 0 saturated heterocycles. The summed E-state index contributed by atoms with van der Waals surface area (Å²) in [6, 6.07) is 5.76. The first-order valence-electron chi connectivity index (χ1n) is 11.2. The van der Waals surface area contributed by atoms with Crippen molar-refractivity contribution in [1.82, 2.24) is 4.90 Å². The van der Waals surface area contributed by atoms with Gasteiger partial charge in [0.1, 0.15) is 5.78 Å². The van der Waals surface area contributed by atoms with Crippen molar-refractivity contribution in [3.63, 3.8) is 0 Å². The summed E-state index contributed by atoms with van der Waals surface area (Å²) in [6.07, 6.45) is 6.49. The Morgan fingerprint density at radius 1 is 1.27 bits per heavy atom. The Bertz CT molecular complexity index is 876. The molecule has 0 aromatic heterocycles. The van der Waals surface area contributed by atoms with Gasteiger partial charge in [-0.2, -0.15) is 0 Å². The van der Waals surface area contributed by atoms with Crippen molar-refractivity contribution in [2.24, 2.45) is 0 Å². The zero-order valence-electron chi connectivity index (χ0n) is 18.6. The van der Waals surface area contributed by atoms with Crippen molar-refractivity contribution >= 4 is 23.1 Å². The minimum absolute atomic E-state index is 0.0408. The van der Waals surface area contributed by atoms with E-state index >= 15 is 0 Å². The summed E-state index contributed by atoms with van der Waals surface area (Å²) in [4.78, 5) is 27.7. The maximum Gasteiger partial charge on any atom is 0.259 e. The standard InChI is InChI=1S/C25H34N2O3/c1-5-8-19(29)13-14-22(17(4)15-28)27-24(18-9-6-10-18)23-20(25(27)30)11-7-12-21(23)26-16(2)3/h7,11-12,15-16,22,26,28H,5-6,8-10,13-14H2,1-4H3/b17-15-. The van der Waals surface area contributed by atoms with Crippen LogP contribution in [-0.4, -0.2) is 33.8 Å². The van der Waals surface area contributed by atoms with E-state index in [4.69, 9.17) is 0 Å². The van der Waals surface area contributed by atoms with Crippen LogP contribution in [0.25, 0.3) is 5.70 Å². The molecule has 1 aliphatic carbocycles. The fourth-order valence-corrected chi connectivity index (χ4v) is 4.35. The number of hydrogen-bond acceptors (Lipinski definition) is 4. The number of ketones is 1. The highest BCUT2D eigenvalue weighted by Gasteiger charge is 2.41. The van der Waals surface area contributed by atoms with Crippen LogP contribution < -0.4 is 5.32 Å². The second-order valence-electron chi connectivity index (χ2n) is 8.72. The van der Waals surface area contributed by atoms with Crippen molar-refractivity contribution in [3.8, 4) is 0 Å². The molecule has 0 radical (unpaired) electrons. The van der Waals surface area contributed by atoms with Gasteiger partial charge in [-0.1, -0.05) is 13.0 Å². The topological polar surface area (TPSA) is 69.6 Å². The zero-order valence-corrected chi connectivity index (χ0v) is 18.6. The average molecular weight is 411 g/mol. The number of allylic oxidation sites excluding steroid dienone is 1. The maximum atomic E-state index is 13.6. The van der Waals surface area contributed by atoms with Gasteiger partial charge in [-0.15, -0.1) is 0 Å². The third-order valence-corrected chi connectivity index (χ3v) is 5.99. The smallest absolute Gasteiger partial charge is 0.259 e. The zero-order chi connectivity index (χ0) is 21.8. The van der Waals surface area contributed by atoms with Crippen LogP contribution in [0.4, 0.5) is 5.69 Å². The molecule has 5 nitrogen and oxygen atoms in total. The van der Waals surface area contributed by atoms with Crippen LogP contribution in [0.2, 0.25) is 0 Å². The lowest BCUT2D eigenvalue weighted by atomic mass is 9.87. The molecular weight excluding hydrogens is 376 g/mol. The van der Waals surface area contributed by atoms with Crippen molar-refractivity contribution in [2.75, 3.05) is 5.32 Å². The van der Waals surface area contributed by atoms with Gasteiger partial charge in [0.05, 0.1) is 23.6 Å². The molecule has 1 unspecified atom stereocenters. The van der Waals surface area contributed by atoms with Gasteiger partial charge >= 0.3 is 0 Å². The van der Waals surface area contributed by atoms with Gasteiger partial charge in [-0.05, 0) is 76.2 Å². The van der Waals surface area contributed by atoms with Gasteiger partial charge in [0.15, 0.2) is 0 Å². The number of amides is 1. The van der Waals surface area contributed by atoms with Crippen LogP contribution in [0.1, 0.15) is 88.6 Å². The predicted octanol–water partition coefficient (Wildman–Crippen LogP) is 5.84. The van der Waals surface area contributed by atoms with Crippen molar-refractivity contribution in [3.05, 3.63) is 46.7 Å². The maximum absolute atomic E-state index is 13.6. The Balaban J connectivity index is 2.06. The van der Waals surface area contributed by atoms with Crippen LogP contribution in [-0.2, 0) is 4.79 Å². The van der Waals surface area contributed by atoms with Crippen molar-refractivity contribution in [1.29, 1.82) is 0 Å². The third-order valence-electron chi connectivity index (χ3n) is 5.99. The number of aliphatic hydroxyl groups excluding tert-OH is 1. The normalized spacial score (nSPS) is 17.3. The van der Waals surface area contributed by atoms with Gasteiger partial charge in [0, 0.05) is 30.1 Å². The molecule has 1 fully saturated rings. The summed E-state index contributed by atoms with van der Waals surface area (Å²) < 4.78 is 0. The second-order valence-corrected chi connectivity index (χ2v) is 8.72. The largest absolute Gasteiger partial charge is 0.516 e. The van der Waals surface area contributed by atoms with Gasteiger partial charge < -0.3 is 15.3 Å². The number of carbonyl (C=O) groups is 2. The molecule has 1 aromatic carbocycles. The summed E-state index contributed by atoms with van der Waals surface area (Å²) in [5, 5.41) is 13.3. The second kappa shape index (κ2) is 9.50. The first-order chi connectivity index (χ1) is 14.4. The van der Waals surface area contributed by atoms with Crippen LogP contribution in [0.5, 0.6) is 0 Å². The third kappa shape index (κ3) is 4.30. The summed E-state index contributed by atoms with van der Waals surface area (Å²) >= 11 is 0. The number of aliphatic hydroxyl groups is 1. The molecule has 1 amide bonds. The number of Topliss-reactive ketones (excluding diaryl/α,β-unsaturated/α-hetero) is 1. The molecule has 0 spiro atoms. The number of benzene rings is 1. The fourth-order valence-electron chi connectivity index (χ4n) is 4.35. The molecule has 2 aliphatic rings. The first kappa shape index (κ1) is 22.1. The Morgan fingerprint density at radius 3 is 2.57 bits per heavy atom. The Hall–Kier alpha value is -2.56. The number of hydrogen-bond donors (Lipinski definition) is 2. The highest BCUT2D eigenvalue weighted by Crippen LogP contribution is 2.46. The summed E-state index contributed by atoms with van der Waals surface area (Å²) in [5.41, 5.74) is 5.62. The van der Waals surface area contributed by atoms with Gasteiger partial charge in [-0.3, -0.25) is 9.59 Å². The number of carbonyl (C=O) groups excluding carboxylic acids is 2. The molecule has 1 atom stereocenters. The fraction of sp³-hybridized carbons (Fsp3) is 0.520. The van der Waals surface area contributed by atoms with E-state index in [1.54, 1.807) is 0 Å². The average Bonchev–Trinajstić information content (AvgIpc) is 2.94. The highest BCUT2D eigenvalue weighted by molar-refractivity contribution is 6.12. The van der Waals surface area contributed by atoms with E-state index in [0.29, 0.717) is 30.4 Å². The van der Waals surface area contributed by atoms with Crippen LogP contribution in [0.3, 0.4) is 0 Å². The molecule has 30 heavy (non-hydrogen) atoms. The molecule has 1 heterocycles. The Morgan fingerprint density at radius 2 is 2.00 bits per heavy atom. The first-order valence-corrected chi connectivity index (χ1v) is 11.2. The van der Waals surface area contributed by atoms with Crippen LogP contribution >= 0.6 is 0 Å². The molecule has 162 valence electrons. The van der Waals surface area contributed by atoms with E-state index in [1.807, 2.05) is 36.9 Å². The van der Waals surface area contributed by atoms with E-state index in [1.165, 1.54) is 5.57 Å². The SMILES string of the molecule is CCCC(=O)CCC(/C(C)=C\O)N1C(=O)c2cccc(NC(C)C)c2C1=C1CCC1. The highest BCUT2D eigenvalue weighted by atomic mass is 16.2. The lowest BCUT2D eigenvalue weighted by molar-refractivity contribution is -0.119. The van der Waals surface area contributed by atoms with Crippen LogP contribution in [0, 0.1) is 0 Å². The monoisotopic (exact) mass is 410 g/mol. The number of nitrogens with zero attached hydrogens (tertiary/aromatic N) is 1. The Labute approximate surface area is 179 Å². The van der Waals surface area contributed by atoms with E-state index in [-0.39, 0.29) is 23.8 Å². The quantitative estimate of drug-likeness (QED) is 0.502. The Kier molecular flexibility index (Phi) is 7.01. The van der Waals surface area contributed by atoms with E-state index in [2.05, 4.69) is 19.2 Å². The number of fused-ring (bicyclic) bond motifs is 1. The van der Waals surface area contributed by atoms with E-state index in [0.717, 1.165) is 48.9 Å². The number of nitrogens with one attached hydrogen (secondary N) is 1. The van der Waals surface area contributed by atoms with Gasteiger partial charge in [-0.25, -0.2) is 0 Å². The summed E-state index contributed by atoms with van der Waals surface area (Å²) in [5.74, 6) is 0.165.